The number of nitrogens with zero attached hydrogens (tertiary/aromatic N) is 2. The Morgan fingerprint density at radius 1 is 1.22 bits per heavy atom. The monoisotopic (exact) mass is 377 g/mol. The summed E-state index contributed by atoms with van der Waals surface area (Å²) in [6, 6.07) is 8.26. The molecule has 0 saturated carbocycles. The number of H-pyrrole nitrogens is 1. The molecule has 2 atom stereocenters. The number of likely N-dealkylation sites (tertiary alicyclic amines) is 1. The van der Waals surface area contributed by atoms with E-state index in [1.54, 1.807) is 30.3 Å². The molecule has 2 heterocycles. The van der Waals surface area contributed by atoms with Crippen LogP contribution >= 0.6 is 0 Å². The number of aromatic nitrogens is 2. The lowest BCUT2D eigenvalue weighted by molar-refractivity contribution is 0.0318. The molecule has 1 aliphatic rings. The summed E-state index contributed by atoms with van der Waals surface area (Å²) in [4.78, 5) is 50.5. The number of amides is 1. The van der Waals surface area contributed by atoms with E-state index >= 15 is 0 Å². The second kappa shape index (κ2) is 7.44. The molecule has 3 rings (SSSR count). The predicted molar refractivity (Wildman–Crippen MR) is 89.7 cm³/mol. The van der Waals surface area contributed by atoms with Crippen molar-refractivity contribution in [2.24, 2.45) is 0 Å². The first-order chi connectivity index (χ1) is 12.9. The molecule has 1 aliphatic heterocycles. The van der Waals surface area contributed by atoms with Crippen molar-refractivity contribution in [2.75, 3.05) is 13.7 Å². The Morgan fingerprint density at radius 3 is 2.59 bits per heavy atom. The van der Waals surface area contributed by atoms with Gasteiger partial charge in [0.15, 0.2) is 0 Å². The van der Waals surface area contributed by atoms with Crippen LogP contribution in [0, 0.1) is 5.82 Å². The van der Waals surface area contributed by atoms with E-state index in [0.717, 1.165) is 16.6 Å². The highest BCUT2D eigenvalue weighted by molar-refractivity contribution is 5.89. The lowest BCUT2D eigenvalue weighted by Gasteiger charge is -2.23. The summed E-state index contributed by atoms with van der Waals surface area (Å²) in [6.07, 6.45) is -1.77. The molecule has 0 radical (unpaired) electrons. The van der Waals surface area contributed by atoms with Crippen LogP contribution in [0.5, 0.6) is 0 Å². The number of benzene rings is 1. The smallest absolute Gasteiger partial charge is 0.411 e. The highest BCUT2D eigenvalue weighted by Crippen LogP contribution is 2.29. The van der Waals surface area contributed by atoms with Gasteiger partial charge < -0.3 is 9.47 Å². The predicted octanol–water partition coefficient (Wildman–Crippen LogP) is 0.872. The summed E-state index contributed by atoms with van der Waals surface area (Å²) in [5.41, 5.74) is -1.72. The SMILES string of the molecule is COC(=O)N1C[C@H](OC(=O)c2ccccc2)C[C@H]1n1cc(F)c(=O)[nH]c1=O. The van der Waals surface area contributed by atoms with Gasteiger partial charge in [-0.05, 0) is 12.1 Å². The van der Waals surface area contributed by atoms with Gasteiger partial charge in [0.2, 0.25) is 5.82 Å². The molecule has 10 heteroatoms. The molecule has 0 spiro atoms. The molecule has 0 unspecified atom stereocenters. The summed E-state index contributed by atoms with van der Waals surface area (Å²) in [5, 5.41) is 0. The molecule has 1 saturated heterocycles. The molecule has 1 amide bonds. The molecular formula is C17H16FN3O6. The van der Waals surface area contributed by atoms with Crippen LogP contribution in [0.3, 0.4) is 0 Å². The van der Waals surface area contributed by atoms with E-state index in [0.29, 0.717) is 11.8 Å². The van der Waals surface area contributed by atoms with Crippen molar-refractivity contribution in [3.8, 4) is 0 Å². The summed E-state index contributed by atoms with van der Waals surface area (Å²) >= 11 is 0. The normalized spacial score (nSPS) is 19.0. The number of methoxy groups -OCH3 is 1. The van der Waals surface area contributed by atoms with Crippen LogP contribution < -0.4 is 11.2 Å². The fraction of sp³-hybridized carbons (Fsp3) is 0.294. The third-order valence-electron chi connectivity index (χ3n) is 4.17. The molecule has 142 valence electrons. The Morgan fingerprint density at radius 2 is 1.93 bits per heavy atom. The number of carbonyl (C=O) groups is 2. The van der Waals surface area contributed by atoms with E-state index < -0.39 is 41.4 Å². The zero-order valence-electron chi connectivity index (χ0n) is 14.3. The zero-order valence-corrected chi connectivity index (χ0v) is 14.3. The number of carbonyl (C=O) groups excluding carboxylic acids is 2. The molecule has 0 bridgehead atoms. The van der Waals surface area contributed by atoms with Crippen molar-refractivity contribution in [3.05, 3.63) is 68.7 Å². The molecular weight excluding hydrogens is 361 g/mol. The first kappa shape index (κ1) is 18.4. The average molecular weight is 377 g/mol. The summed E-state index contributed by atoms with van der Waals surface area (Å²) < 4.78 is 24.6. The van der Waals surface area contributed by atoms with Crippen molar-refractivity contribution < 1.29 is 23.5 Å². The Kier molecular flexibility index (Phi) is 5.06. The van der Waals surface area contributed by atoms with Crippen LogP contribution in [0.1, 0.15) is 22.9 Å². The maximum absolute atomic E-state index is 13.6. The van der Waals surface area contributed by atoms with Crippen molar-refractivity contribution in [2.45, 2.75) is 18.7 Å². The van der Waals surface area contributed by atoms with Gasteiger partial charge in [-0.1, -0.05) is 18.2 Å². The number of hydrogen-bond donors (Lipinski definition) is 1. The Balaban J connectivity index is 1.86. The number of ether oxygens (including phenoxy) is 2. The van der Waals surface area contributed by atoms with Gasteiger partial charge in [0.1, 0.15) is 12.3 Å². The van der Waals surface area contributed by atoms with E-state index in [1.807, 2.05) is 4.98 Å². The first-order valence-electron chi connectivity index (χ1n) is 8.02. The zero-order chi connectivity index (χ0) is 19.6. The Labute approximate surface area is 151 Å². The highest BCUT2D eigenvalue weighted by Gasteiger charge is 2.40. The van der Waals surface area contributed by atoms with Gasteiger partial charge in [0.25, 0.3) is 5.56 Å². The second-order valence-electron chi connectivity index (χ2n) is 5.88. The van der Waals surface area contributed by atoms with Gasteiger partial charge in [-0.25, -0.2) is 14.4 Å². The number of nitrogens with one attached hydrogen (secondary N) is 1. The van der Waals surface area contributed by atoms with E-state index in [-0.39, 0.29) is 13.0 Å². The van der Waals surface area contributed by atoms with Gasteiger partial charge in [-0.3, -0.25) is 19.2 Å². The van der Waals surface area contributed by atoms with Crippen LogP contribution in [0.2, 0.25) is 0 Å². The van der Waals surface area contributed by atoms with Gasteiger partial charge in [-0.2, -0.15) is 4.39 Å². The summed E-state index contributed by atoms with van der Waals surface area (Å²) in [6.45, 7) is -0.0525. The minimum absolute atomic E-state index is 0.0268. The average Bonchev–Trinajstić information content (AvgIpc) is 3.08. The summed E-state index contributed by atoms with van der Waals surface area (Å²) in [5.74, 6) is -1.77. The Bertz CT molecular complexity index is 971. The maximum atomic E-state index is 13.6. The van der Waals surface area contributed by atoms with Crippen LogP contribution in [-0.2, 0) is 9.47 Å². The molecule has 27 heavy (non-hydrogen) atoms. The maximum Gasteiger partial charge on any atom is 0.411 e. The number of esters is 1. The number of hydrogen-bond acceptors (Lipinski definition) is 6. The van der Waals surface area contributed by atoms with E-state index in [2.05, 4.69) is 4.74 Å². The van der Waals surface area contributed by atoms with Crippen molar-refractivity contribution in [1.29, 1.82) is 0 Å². The molecule has 1 aromatic carbocycles. The molecule has 1 aromatic heterocycles. The fourth-order valence-electron chi connectivity index (χ4n) is 2.92. The largest absolute Gasteiger partial charge is 0.457 e. The third kappa shape index (κ3) is 3.73. The minimum atomic E-state index is -1.18. The first-order valence-corrected chi connectivity index (χ1v) is 8.02. The standard InChI is InChI=1S/C17H16FN3O6/c1-26-17(25)21-8-11(27-15(23)10-5-3-2-4-6-10)7-13(21)20-9-12(18)14(22)19-16(20)24/h2-6,9,11,13H,7-8H2,1H3,(H,19,22,24)/t11-,13+/m1/s1. The molecule has 0 aliphatic carbocycles. The van der Waals surface area contributed by atoms with Crippen LogP contribution in [-0.4, -0.2) is 46.3 Å². The molecule has 9 nitrogen and oxygen atoms in total. The van der Waals surface area contributed by atoms with Crippen molar-refractivity contribution >= 4 is 12.1 Å². The van der Waals surface area contributed by atoms with Crippen LogP contribution in [0.4, 0.5) is 9.18 Å². The number of halogens is 1. The van der Waals surface area contributed by atoms with Crippen molar-refractivity contribution in [3.63, 3.8) is 0 Å². The Hall–Kier alpha value is -3.43. The van der Waals surface area contributed by atoms with E-state index in [1.165, 1.54) is 0 Å². The van der Waals surface area contributed by atoms with Crippen LogP contribution in [0.15, 0.2) is 46.1 Å². The topological polar surface area (TPSA) is 111 Å². The molecule has 2 aromatic rings. The van der Waals surface area contributed by atoms with Gasteiger partial charge in [-0.15, -0.1) is 0 Å². The minimum Gasteiger partial charge on any atom is -0.457 e. The lowest BCUT2D eigenvalue weighted by atomic mass is 10.2. The number of aromatic amines is 1. The number of rotatable bonds is 3. The van der Waals surface area contributed by atoms with Gasteiger partial charge >= 0.3 is 17.8 Å². The third-order valence-corrected chi connectivity index (χ3v) is 4.17. The van der Waals surface area contributed by atoms with E-state index in [9.17, 15) is 23.6 Å². The molecule has 1 fully saturated rings. The van der Waals surface area contributed by atoms with Crippen molar-refractivity contribution in [1.82, 2.24) is 14.5 Å². The quantitative estimate of drug-likeness (QED) is 0.795. The fourth-order valence-corrected chi connectivity index (χ4v) is 2.92. The summed E-state index contributed by atoms with van der Waals surface area (Å²) in [7, 11) is 1.15. The molecule has 1 N–H and O–H groups in total. The van der Waals surface area contributed by atoms with Crippen LogP contribution in [0.25, 0.3) is 0 Å². The van der Waals surface area contributed by atoms with E-state index in [4.69, 9.17) is 4.74 Å². The highest BCUT2D eigenvalue weighted by atomic mass is 19.1. The second-order valence-corrected chi connectivity index (χ2v) is 5.88. The lowest BCUT2D eigenvalue weighted by Crippen LogP contribution is -2.41. The van der Waals surface area contributed by atoms with Gasteiger partial charge in [0, 0.05) is 6.42 Å². The van der Waals surface area contributed by atoms with Gasteiger partial charge in [0.05, 0.1) is 25.4 Å².